The molecule has 0 saturated carbocycles. The van der Waals surface area contributed by atoms with Crippen molar-refractivity contribution in [2.45, 2.75) is 13.8 Å². The van der Waals surface area contributed by atoms with Crippen LogP contribution in [0.1, 0.15) is 13.8 Å². The lowest BCUT2D eigenvalue weighted by molar-refractivity contribution is -0.140. The van der Waals surface area contributed by atoms with E-state index in [0.29, 0.717) is 5.71 Å². The average Bonchev–Trinajstić information content (AvgIpc) is 2.28. The fourth-order valence-electron chi connectivity index (χ4n) is 1.74. The van der Waals surface area contributed by atoms with Gasteiger partial charge in [-0.1, -0.05) is 6.08 Å². The normalized spacial score (nSPS) is 22.3. The highest BCUT2D eigenvalue weighted by Crippen LogP contribution is 2.26. The lowest BCUT2D eigenvalue weighted by Gasteiger charge is -2.21. The summed E-state index contributed by atoms with van der Waals surface area (Å²) in [5, 5.41) is 9.97. The van der Waals surface area contributed by atoms with E-state index in [1.807, 2.05) is 0 Å². The third-order valence-corrected chi connectivity index (χ3v) is 2.56. The van der Waals surface area contributed by atoms with Crippen molar-refractivity contribution < 1.29 is 19.4 Å². The van der Waals surface area contributed by atoms with E-state index in [-0.39, 0.29) is 18.2 Å². The number of nitrogens with zero attached hydrogens (tertiary/aromatic N) is 2. The van der Waals surface area contributed by atoms with Crippen LogP contribution in [0.25, 0.3) is 0 Å². The van der Waals surface area contributed by atoms with E-state index in [1.165, 1.54) is 0 Å². The molecule has 94 valence electrons. The molecule has 1 amide bonds. The van der Waals surface area contributed by atoms with Crippen LogP contribution in [-0.4, -0.2) is 35.1 Å². The van der Waals surface area contributed by atoms with Crippen molar-refractivity contribution in [2.24, 2.45) is 15.9 Å². The Morgan fingerprint density at radius 2 is 2.22 bits per heavy atom. The molecule has 2 rings (SSSR count). The molecule has 2 aliphatic rings. The fourth-order valence-corrected chi connectivity index (χ4v) is 1.74. The largest absolute Gasteiger partial charge is 0.510 e. The monoisotopic (exact) mass is 248 g/mol. The molecule has 0 spiro atoms. The summed E-state index contributed by atoms with van der Waals surface area (Å²) in [4.78, 5) is 31.0. The van der Waals surface area contributed by atoms with Crippen LogP contribution in [0, 0.1) is 5.92 Å². The Labute approximate surface area is 103 Å². The van der Waals surface area contributed by atoms with Gasteiger partial charge in [0, 0.05) is 5.71 Å². The van der Waals surface area contributed by atoms with Gasteiger partial charge in [-0.25, -0.2) is 9.79 Å². The highest BCUT2D eigenvalue weighted by Gasteiger charge is 2.36. The minimum atomic E-state index is -0.859. The molecular weight excluding hydrogens is 236 g/mol. The summed E-state index contributed by atoms with van der Waals surface area (Å²) < 4.78 is 4.72. The number of rotatable bonds is 2. The zero-order valence-corrected chi connectivity index (χ0v) is 10.0. The molecule has 2 aliphatic heterocycles. The van der Waals surface area contributed by atoms with Gasteiger partial charge < -0.3 is 9.84 Å². The Hall–Kier alpha value is -2.24. The molecule has 1 unspecified atom stereocenters. The molecule has 0 aromatic rings. The van der Waals surface area contributed by atoms with E-state index in [0.717, 1.165) is 0 Å². The van der Waals surface area contributed by atoms with Gasteiger partial charge in [0.1, 0.15) is 11.6 Å². The highest BCUT2D eigenvalue weighted by molar-refractivity contribution is 6.24. The number of hydrogen-bond acceptors (Lipinski definition) is 5. The van der Waals surface area contributed by atoms with Crippen LogP contribution in [0.2, 0.25) is 0 Å². The topological polar surface area (TPSA) is 88.3 Å². The van der Waals surface area contributed by atoms with Crippen molar-refractivity contribution in [3.8, 4) is 0 Å². The number of aliphatic hydroxyl groups is 1. The average molecular weight is 248 g/mol. The highest BCUT2D eigenvalue weighted by atomic mass is 16.5. The lowest BCUT2D eigenvalue weighted by Crippen LogP contribution is -2.30. The molecular formula is C12H12N2O4. The van der Waals surface area contributed by atoms with E-state index >= 15 is 0 Å². The summed E-state index contributed by atoms with van der Waals surface area (Å²) in [6, 6.07) is 0. The Morgan fingerprint density at radius 3 is 2.89 bits per heavy atom. The summed E-state index contributed by atoms with van der Waals surface area (Å²) in [6.07, 6.45) is 3.33. The quantitative estimate of drug-likeness (QED) is 0.582. The predicted octanol–water partition coefficient (Wildman–Crippen LogP) is 0.947. The number of aliphatic hydroxyl groups excluding tert-OH is 1. The number of fused-ring (bicyclic) bond motifs is 1. The van der Waals surface area contributed by atoms with Crippen LogP contribution in [0.15, 0.2) is 33.5 Å². The van der Waals surface area contributed by atoms with Crippen molar-refractivity contribution >= 4 is 23.4 Å². The van der Waals surface area contributed by atoms with Gasteiger partial charge in [0.05, 0.1) is 12.5 Å². The first kappa shape index (κ1) is 12.2. The first-order chi connectivity index (χ1) is 8.54. The second kappa shape index (κ2) is 4.56. The molecule has 2 heterocycles. The third-order valence-electron chi connectivity index (χ3n) is 2.56. The van der Waals surface area contributed by atoms with E-state index in [2.05, 4.69) is 9.98 Å². The Balaban J connectivity index is 2.40. The lowest BCUT2D eigenvalue weighted by atomic mass is 9.95. The second-order valence-electron chi connectivity index (χ2n) is 3.85. The van der Waals surface area contributed by atoms with Gasteiger partial charge in [-0.3, -0.25) is 4.79 Å². The third kappa shape index (κ3) is 1.97. The van der Waals surface area contributed by atoms with E-state index in [9.17, 15) is 14.7 Å². The number of ether oxygens (including phenoxy) is 1. The van der Waals surface area contributed by atoms with Crippen LogP contribution in [0.4, 0.5) is 0 Å². The standard InChI is InChI=1S/C12H12N2O4/c1-3-18-12(17)8-9(15)7-5-4-6(2)13-10(7)14-11(8)16/h4-5,7,15H,3H2,1-2H3. The van der Waals surface area contributed by atoms with Crippen molar-refractivity contribution in [3.63, 3.8) is 0 Å². The molecule has 0 aromatic heterocycles. The van der Waals surface area contributed by atoms with Gasteiger partial charge in [-0.15, -0.1) is 0 Å². The number of amidine groups is 1. The first-order valence-corrected chi connectivity index (χ1v) is 5.51. The maximum absolute atomic E-state index is 11.7. The minimum absolute atomic E-state index is 0.122. The van der Waals surface area contributed by atoms with Gasteiger partial charge in [0.2, 0.25) is 0 Å². The van der Waals surface area contributed by atoms with Crippen molar-refractivity contribution in [2.75, 3.05) is 6.61 Å². The summed E-state index contributed by atoms with van der Waals surface area (Å²) in [6.45, 7) is 3.49. The van der Waals surface area contributed by atoms with Gasteiger partial charge in [0.15, 0.2) is 5.57 Å². The number of hydrogen-bond donors (Lipinski definition) is 1. The van der Waals surface area contributed by atoms with Gasteiger partial charge in [-0.2, -0.15) is 4.99 Å². The number of carbonyl (C=O) groups is 2. The molecule has 6 nitrogen and oxygen atoms in total. The van der Waals surface area contributed by atoms with Gasteiger partial charge in [0.25, 0.3) is 5.91 Å². The summed E-state index contributed by atoms with van der Waals surface area (Å²) in [5.41, 5.74) is 0.273. The summed E-state index contributed by atoms with van der Waals surface area (Å²) >= 11 is 0. The Morgan fingerprint density at radius 1 is 1.50 bits per heavy atom. The van der Waals surface area contributed by atoms with Crippen LogP contribution in [0.5, 0.6) is 0 Å². The minimum Gasteiger partial charge on any atom is -0.510 e. The zero-order valence-electron chi connectivity index (χ0n) is 10.0. The molecule has 0 bridgehead atoms. The van der Waals surface area contributed by atoms with E-state index in [4.69, 9.17) is 4.74 Å². The zero-order chi connectivity index (χ0) is 13.3. The smallest absolute Gasteiger partial charge is 0.347 e. The maximum Gasteiger partial charge on any atom is 0.347 e. The number of dihydropyridines is 2. The number of aliphatic imine (C=N–C) groups is 2. The van der Waals surface area contributed by atoms with Crippen LogP contribution in [-0.2, 0) is 14.3 Å². The van der Waals surface area contributed by atoms with Crippen LogP contribution >= 0.6 is 0 Å². The van der Waals surface area contributed by atoms with Crippen LogP contribution in [0.3, 0.4) is 0 Å². The molecule has 0 fully saturated rings. The molecule has 0 aromatic carbocycles. The number of allylic oxidation sites excluding steroid dienone is 1. The first-order valence-electron chi connectivity index (χ1n) is 5.51. The fraction of sp³-hybridized carbons (Fsp3) is 0.333. The molecule has 0 saturated heterocycles. The van der Waals surface area contributed by atoms with E-state index < -0.39 is 23.4 Å². The van der Waals surface area contributed by atoms with Gasteiger partial charge in [-0.05, 0) is 19.9 Å². The van der Waals surface area contributed by atoms with Crippen molar-refractivity contribution in [1.82, 2.24) is 0 Å². The molecule has 1 N–H and O–H groups in total. The Kier molecular flexibility index (Phi) is 3.10. The number of esters is 1. The Bertz CT molecular complexity index is 540. The SMILES string of the molecule is CCOC(=O)C1=C(O)C2C=CC(C)=NC2=NC1=O. The summed E-state index contributed by atoms with van der Waals surface area (Å²) in [5.74, 6) is -2.47. The van der Waals surface area contributed by atoms with Crippen molar-refractivity contribution in [1.29, 1.82) is 0 Å². The molecule has 0 aliphatic carbocycles. The maximum atomic E-state index is 11.7. The molecule has 18 heavy (non-hydrogen) atoms. The molecule has 0 radical (unpaired) electrons. The van der Waals surface area contributed by atoms with Crippen molar-refractivity contribution in [3.05, 3.63) is 23.5 Å². The second-order valence-corrected chi connectivity index (χ2v) is 3.85. The van der Waals surface area contributed by atoms with E-state index in [1.54, 1.807) is 26.0 Å². The van der Waals surface area contributed by atoms with Gasteiger partial charge >= 0.3 is 5.97 Å². The number of carbonyl (C=O) groups excluding carboxylic acids is 2. The summed E-state index contributed by atoms with van der Waals surface area (Å²) in [7, 11) is 0. The molecule has 6 heteroatoms. The van der Waals surface area contributed by atoms with Crippen LogP contribution < -0.4 is 0 Å². The molecule has 1 atom stereocenters. The number of amides is 1. The predicted molar refractivity (Wildman–Crippen MR) is 64.5 cm³/mol.